The number of esters is 1. The number of hydrogen-bond acceptors (Lipinski definition) is 3. The normalized spacial score (nSPS) is 14.2. The molecule has 16 heavy (non-hydrogen) atoms. The van der Waals surface area contributed by atoms with Gasteiger partial charge in [0.25, 0.3) is 0 Å². The first-order valence-electron chi connectivity index (χ1n) is 5.17. The molecular weight excluding hydrogens is 211 g/mol. The lowest BCUT2D eigenvalue weighted by Gasteiger charge is -2.14. The van der Waals surface area contributed by atoms with Gasteiger partial charge in [0.1, 0.15) is 6.17 Å². The molecule has 2 atom stereocenters. The van der Waals surface area contributed by atoms with Crippen LogP contribution in [0.15, 0.2) is 30.3 Å². The van der Waals surface area contributed by atoms with Crippen LogP contribution in [0.2, 0.25) is 0 Å². The highest BCUT2D eigenvalue weighted by Crippen LogP contribution is 2.10. The maximum atomic E-state index is 13.5. The van der Waals surface area contributed by atoms with Crippen molar-refractivity contribution in [1.29, 1.82) is 0 Å². The number of ether oxygens (including phenoxy) is 1. The molecule has 0 aliphatic heterocycles. The molecule has 0 heterocycles. The van der Waals surface area contributed by atoms with Crippen molar-refractivity contribution < 1.29 is 19.0 Å². The molecule has 0 unspecified atom stereocenters. The van der Waals surface area contributed by atoms with Crippen LogP contribution in [0.5, 0.6) is 0 Å². The quantitative estimate of drug-likeness (QED) is 0.774. The summed E-state index contributed by atoms with van der Waals surface area (Å²) in [6, 6.07) is 8.85. The first kappa shape index (κ1) is 12.6. The van der Waals surface area contributed by atoms with Crippen LogP contribution in [0, 0.1) is 0 Å². The molecule has 3 nitrogen and oxygen atoms in total. The largest absolute Gasteiger partial charge is 0.464 e. The zero-order chi connectivity index (χ0) is 12.0. The average molecular weight is 226 g/mol. The van der Waals surface area contributed by atoms with Crippen molar-refractivity contribution in [3.05, 3.63) is 35.9 Å². The van der Waals surface area contributed by atoms with E-state index in [4.69, 9.17) is 0 Å². The summed E-state index contributed by atoms with van der Waals surface area (Å²) in [5.74, 6) is -0.911. The maximum Gasteiger partial charge on any atom is 0.338 e. The lowest BCUT2D eigenvalue weighted by molar-refractivity contribution is -0.156. The molecule has 0 aliphatic carbocycles. The van der Waals surface area contributed by atoms with Crippen LogP contribution in [-0.4, -0.2) is 30.0 Å². The lowest BCUT2D eigenvalue weighted by atomic mass is 10.1. The predicted octanol–water partition coefficient (Wildman–Crippen LogP) is 1.49. The van der Waals surface area contributed by atoms with Gasteiger partial charge in [0, 0.05) is 6.42 Å². The minimum Gasteiger partial charge on any atom is -0.464 e. The third-order valence-corrected chi connectivity index (χ3v) is 2.14. The Labute approximate surface area is 93.9 Å². The minimum absolute atomic E-state index is 0.000814. The molecule has 0 amide bonds. The summed E-state index contributed by atoms with van der Waals surface area (Å²) in [6.45, 7) is 1.74. The van der Waals surface area contributed by atoms with E-state index in [2.05, 4.69) is 4.74 Å². The first-order valence-corrected chi connectivity index (χ1v) is 5.17. The number of carbonyl (C=O) groups excluding carboxylic acids is 1. The molecule has 88 valence electrons. The van der Waals surface area contributed by atoms with Crippen LogP contribution >= 0.6 is 0 Å². The highest BCUT2D eigenvalue weighted by Gasteiger charge is 2.27. The molecule has 1 N–H and O–H groups in total. The third-order valence-electron chi connectivity index (χ3n) is 2.14. The molecule has 0 aromatic heterocycles. The maximum absolute atomic E-state index is 13.5. The smallest absolute Gasteiger partial charge is 0.338 e. The molecule has 0 radical (unpaired) electrons. The molecule has 4 heteroatoms. The van der Waals surface area contributed by atoms with Crippen molar-refractivity contribution in [3.8, 4) is 0 Å². The Morgan fingerprint density at radius 3 is 2.62 bits per heavy atom. The fraction of sp³-hybridized carbons (Fsp3) is 0.417. The standard InChI is InChI=1S/C12H15FO3/c1-2-16-12(15)11(14)10(13)8-9-6-4-3-5-7-9/h3-7,10-11,14H,2,8H2,1H3/t10-,11-/m1/s1. The molecule has 0 spiro atoms. The van der Waals surface area contributed by atoms with Crippen LogP contribution in [0.1, 0.15) is 12.5 Å². The van der Waals surface area contributed by atoms with Gasteiger partial charge in [-0.05, 0) is 12.5 Å². The average Bonchev–Trinajstić information content (AvgIpc) is 2.29. The number of carbonyl (C=O) groups is 1. The van der Waals surface area contributed by atoms with E-state index in [9.17, 15) is 14.3 Å². The Morgan fingerprint density at radius 2 is 2.06 bits per heavy atom. The van der Waals surface area contributed by atoms with Gasteiger partial charge < -0.3 is 9.84 Å². The molecule has 0 bridgehead atoms. The second-order valence-corrected chi connectivity index (χ2v) is 3.40. The van der Waals surface area contributed by atoms with E-state index in [-0.39, 0.29) is 13.0 Å². The van der Waals surface area contributed by atoms with Crippen LogP contribution in [-0.2, 0) is 16.0 Å². The number of aliphatic hydroxyl groups excluding tert-OH is 1. The Bertz CT molecular complexity index is 326. The van der Waals surface area contributed by atoms with Gasteiger partial charge in [-0.3, -0.25) is 0 Å². The number of hydrogen-bond donors (Lipinski definition) is 1. The van der Waals surface area contributed by atoms with E-state index >= 15 is 0 Å². The second-order valence-electron chi connectivity index (χ2n) is 3.40. The van der Waals surface area contributed by atoms with Gasteiger partial charge in [0.05, 0.1) is 6.61 Å². The van der Waals surface area contributed by atoms with Gasteiger partial charge in [-0.2, -0.15) is 0 Å². The van der Waals surface area contributed by atoms with Gasteiger partial charge in [-0.1, -0.05) is 30.3 Å². The monoisotopic (exact) mass is 226 g/mol. The van der Waals surface area contributed by atoms with E-state index in [1.54, 1.807) is 31.2 Å². The molecule has 1 rings (SSSR count). The number of benzene rings is 1. The van der Waals surface area contributed by atoms with Crippen LogP contribution in [0.4, 0.5) is 4.39 Å². The minimum atomic E-state index is -1.71. The Hall–Kier alpha value is -1.42. The van der Waals surface area contributed by atoms with Crippen molar-refractivity contribution in [2.75, 3.05) is 6.61 Å². The SMILES string of the molecule is CCOC(=O)[C@H](O)[C@H](F)Cc1ccccc1. The summed E-state index contributed by atoms with van der Waals surface area (Å²) in [7, 11) is 0. The van der Waals surface area contributed by atoms with Gasteiger partial charge in [0.2, 0.25) is 0 Å². The van der Waals surface area contributed by atoms with E-state index in [0.29, 0.717) is 0 Å². The topological polar surface area (TPSA) is 46.5 Å². The van der Waals surface area contributed by atoms with Crippen LogP contribution in [0.25, 0.3) is 0 Å². The molecule has 0 fully saturated rings. The fourth-order valence-electron chi connectivity index (χ4n) is 1.33. The Kier molecular flexibility index (Phi) is 4.92. The summed E-state index contributed by atoms with van der Waals surface area (Å²) in [5.41, 5.74) is 0.735. The molecule has 1 aromatic rings. The Morgan fingerprint density at radius 1 is 1.44 bits per heavy atom. The summed E-state index contributed by atoms with van der Waals surface area (Å²) in [4.78, 5) is 11.1. The number of rotatable bonds is 5. The number of aliphatic hydroxyl groups is 1. The molecule has 0 saturated carbocycles. The summed E-state index contributed by atoms with van der Waals surface area (Å²) < 4.78 is 18.0. The highest BCUT2D eigenvalue weighted by atomic mass is 19.1. The highest BCUT2D eigenvalue weighted by molar-refractivity contribution is 5.75. The van der Waals surface area contributed by atoms with Crippen LogP contribution in [0.3, 0.4) is 0 Å². The van der Waals surface area contributed by atoms with Crippen molar-refractivity contribution in [1.82, 2.24) is 0 Å². The summed E-state index contributed by atoms with van der Waals surface area (Å²) >= 11 is 0. The van der Waals surface area contributed by atoms with Gasteiger partial charge in [-0.25, -0.2) is 9.18 Å². The summed E-state index contributed by atoms with van der Waals surface area (Å²) in [5, 5.41) is 9.33. The van der Waals surface area contributed by atoms with E-state index < -0.39 is 18.2 Å². The zero-order valence-electron chi connectivity index (χ0n) is 9.10. The molecule has 1 aromatic carbocycles. The summed E-state index contributed by atoms with van der Waals surface area (Å²) in [6.07, 6.45) is -3.34. The Balaban J connectivity index is 2.52. The molecular formula is C12H15FO3. The first-order chi connectivity index (χ1) is 7.65. The van der Waals surface area contributed by atoms with Gasteiger partial charge in [-0.15, -0.1) is 0 Å². The number of alkyl halides is 1. The predicted molar refractivity (Wildman–Crippen MR) is 57.7 cm³/mol. The van der Waals surface area contributed by atoms with Crippen molar-refractivity contribution >= 4 is 5.97 Å². The van der Waals surface area contributed by atoms with Crippen LogP contribution < -0.4 is 0 Å². The van der Waals surface area contributed by atoms with E-state index in [1.165, 1.54) is 0 Å². The van der Waals surface area contributed by atoms with Gasteiger partial charge >= 0.3 is 5.97 Å². The number of halogens is 1. The van der Waals surface area contributed by atoms with Gasteiger partial charge in [0.15, 0.2) is 6.10 Å². The van der Waals surface area contributed by atoms with E-state index in [1.807, 2.05) is 6.07 Å². The molecule has 0 saturated heterocycles. The fourth-order valence-corrected chi connectivity index (χ4v) is 1.33. The van der Waals surface area contributed by atoms with Crippen molar-refractivity contribution in [3.63, 3.8) is 0 Å². The second kappa shape index (κ2) is 6.23. The van der Waals surface area contributed by atoms with Crippen molar-refractivity contribution in [2.45, 2.75) is 25.6 Å². The third kappa shape index (κ3) is 3.62. The molecule has 0 aliphatic rings. The van der Waals surface area contributed by atoms with Crippen molar-refractivity contribution in [2.24, 2.45) is 0 Å². The zero-order valence-corrected chi connectivity index (χ0v) is 9.10. The van der Waals surface area contributed by atoms with E-state index in [0.717, 1.165) is 5.56 Å². The lowest BCUT2D eigenvalue weighted by Crippen LogP contribution is -2.34.